The molecule has 0 unspecified atom stereocenters. The van der Waals surface area contributed by atoms with E-state index in [0.717, 1.165) is 29.7 Å². The second kappa shape index (κ2) is 7.29. The third-order valence-corrected chi connectivity index (χ3v) is 4.43. The molecule has 1 aromatic carbocycles. The molecule has 0 radical (unpaired) electrons. The lowest BCUT2D eigenvalue weighted by molar-refractivity contribution is -0.126. The number of hydrogen-bond acceptors (Lipinski definition) is 3. The monoisotopic (exact) mass is 326 g/mol. The van der Waals surface area contributed by atoms with E-state index >= 15 is 0 Å². The van der Waals surface area contributed by atoms with Crippen LogP contribution < -0.4 is 10.2 Å². The molecule has 0 saturated carbocycles. The minimum atomic E-state index is -0.285. The molecular weight excluding hydrogens is 304 g/mol. The number of aromatic amines is 1. The lowest BCUT2D eigenvalue weighted by atomic mass is 10.1. The van der Waals surface area contributed by atoms with E-state index in [9.17, 15) is 9.59 Å². The van der Waals surface area contributed by atoms with Gasteiger partial charge < -0.3 is 10.2 Å². The fraction of sp³-hybridized carbons (Fsp3) is 0.389. The van der Waals surface area contributed by atoms with Gasteiger partial charge in [0.2, 0.25) is 11.8 Å². The lowest BCUT2D eigenvalue weighted by Crippen LogP contribution is -2.34. The number of nitrogens with one attached hydrogen (secondary N) is 2. The SMILES string of the molecule is CCc1ccccc1N1C[C@@H](C(=O)NCCc2cn[nH]c2)CC1=O. The van der Waals surface area contributed by atoms with Gasteiger partial charge in [0.15, 0.2) is 0 Å². The highest BCUT2D eigenvalue weighted by atomic mass is 16.2. The molecule has 3 rings (SSSR count). The molecule has 1 atom stereocenters. The number of aryl methyl sites for hydroxylation is 1. The molecule has 6 heteroatoms. The molecule has 0 spiro atoms. The van der Waals surface area contributed by atoms with Gasteiger partial charge in [-0.1, -0.05) is 25.1 Å². The third kappa shape index (κ3) is 3.48. The molecule has 6 nitrogen and oxygen atoms in total. The van der Waals surface area contributed by atoms with Crippen LogP contribution in [0.25, 0.3) is 0 Å². The molecule has 24 heavy (non-hydrogen) atoms. The molecule has 1 aliphatic rings. The Morgan fingerprint density at radius 2 is 2.25 bits per heavy atom. The van der Waals surface area contributed by atoms with Crippen LogP contribution in [0.5, 0.6) is 0 Å². The van der Waals surface area contributed by atoms with Gasteiger partial charge in [-0.15, -0.1) is 0 Å². The highest BCUT2D eigenvalue weighted by molar-refractivity contribution is 6.00. The number of H-pyrrole nitrogens is 1. The first-order valence-corrected chi connectivity index (χ1v) is 8.32. The minimum Gasteiger partial charge on any atom is -0.355 e. The standard InChI is InChI=1S/C18H22N4O2/c1-2-14-5-3-4-6-16(14)22-12-15(9-17(22)23)18(24)19-8-7-13-10-20-21-11-13/h3-6,10-11,15H,2,7-9,12H2,1H3,(H,19,24)(H,20,21)/t15-/m0/s1. The number of benzene rings is 1. The van der Waals surface area contributed by atoms with E-state index < -0.39 is 0 Å². The summed E-state index contributed by atoms with van der Waals surface area (Å²) in [5, 5.41) is 9.55. The number of carbonyl (C=O) groups is 2. The Bertz CT molecular complexity index is 712. The van der Waals surface area contributed by atoms with Crippen LogP contribution in [-0.2, 0) is 22.4 Å². The van der Waals surface area contributed by atoms with Crippen LogP contribution >= 0.6 is 0 Å². The first-order chi connectivity index (χ1) is 11.7. The molecule has 2 heterocycles. The van der Waals surface area contributed by atoms with Crippen LogP contribution in [0.1, 0.15) is 24.5 Å². The fourth-order valence-electron chi connectivity index (χ4n) is 3.08. The summed E-state index contributed by atoms with van der Waals surface area (Å²) in [6.45, 7) is 3.07. The van der Waals surface area contributed by atoms with Gasteiger partial charge in [0, 0.05) is 31.4 Å². The molecule has 2 amide bonds. The molecule has 0 bridgehead atoms. The van der Waals surface area contributed by atoms with Gasteiger partial charge in [0.1, 0.15) is 0 Å². The van der Waals surface area contributed by atoms with E-state index in [-0.39, 0.29) is 24.2 Å². The fourth-order valence-corrected chi connectivity index (χ4v) is 3.08. The van der Waals surface area contributed by atoms with Gasteiger partial charge in [-0.25, -0.2) is 0 Å². The number of para-hydroxylation sites is 1. The van der Waals surface area contributed by atoms with Crippen LogP contribution in [0.2, 0.25) is 0 Å². The maximum atomic E-state index is 12.4. The van der Waals surface area contributed by atoms with Gasteiger partial charge >= 0.3 is 0 Å². The summed E-state index contributed by atoms with van der Waals surface area (Å²) in [5.41, 5.74) is 3.11. The maximum absolute atomic E-state index is 12.4. The summed E-state index contributed by atoms with van der Waals surface area (Å²) in [7, 11) is 0. The number of hydrogen-bond donors (Lipinski definition) is 2. The van der Waals surface area contributed by atoms with Gasteiger partial charge in [0.25, 0.3) is 0 Å². The van der Waals surface area contributed by atoms with E-state index in [1.54, 1.807) is 11.1 Å². The van der Waals surface area contributed by atoms with E-state index in [2.05, 4.69) is 22.4 Å². The second-order valence-corrected chi connectivity index (χ2v) is 6.04. The molecule has 1 fully saturated rings. The summed E-state index contributed by atoms with van der Waals surface area (Å²) in [5.74, 6) is -0.319. The number of carbonyl (C=O) groups excluding carboxylic acids is 2. The van der Waals surface area contributed by atoms with Crippen molar-refractivity contribution in [3.63, 3.8) is 0 Å². The second-order valence-electron chi connectivity index (χ2n) is 6.04. The number of rotatable bonds is 6. The zero-order valence-corrected chi connectivity index (χ0v) is 13.8. The van der Waals surface area contributed by atoms with Crippen molar-refractivity contribution in [3.8, 4) is 0 Å². The van der Waals surface area contributed by atoms with Gasteiger partial charge in [-0.05, 0) is 30.0 Å². The molecule has 2 N–H and O–H groups in total. The number of nitrogens with zero attached hydrogens (tertiary/aromatic N) is 2. The third-order valence-electron chi connectivity index (χ3n) is 4.43. The summed E-state index contributed by atoms with van der Waals surface area (Å²) < 4.78 is 0. The molecule has 1 aliphatic heterocycles. The number of aromatic nitrogens is 2. The zero-order valence-electron chi connectivity index (χ0n) is 13.8. The summed E-state index contributed by atoms with van der Waals surface area (Å²) in [4.78, 5) is 26.4. The Kier molecular flexibility index (Phi) is 4.93. The van der Waals surface area contributed by atoms with Crippen molar-refractivity contribution < 1.29 is 9.59 Å². The Labute approximate surface area is 141 Å². The van der Waals surface area contributed by atoms with Gasteiger partial charge in [0.05, 0.1) is 12.1 Å². The van der Waals surface area contributed by atoms with Crippen LogP contribution in [-0.4, -0.2) is 35.1 Å². The maximum Gasteiger partial charge on any atom is 0.227 e. The number of anilines is 1. The average molecular weight is 326 g/mol. The van der Waals surface area contributed by atoms with E-state index in [1.165, 1.54) is 0 Å². The molecule has 2 aromatic rings. The molecule has 0 aliphatic carbocycles. The van der Waals surface area contributed by atoms with Crippen molar-refractivity contribution in [1.29, 1.82) is 0 Å². The summed E-state index contributed by atoms with van der Waals surface area (Å²) in [6, 6.07) is 7.89. The largest absolute Gasteiger partial charge is 0.355 e. The first-order valence-electron chi connectivity index (χ1n) is 8.32. The Hall–Kier alpha value is -2.63. The first kappa shape index (κ1) is 16.2. The normalized spacial score (nSPS) is 17.3. The van der Waals surface area contributed by atoms with Crippen LogP contribution in [0, 0.1) is 5.92 Å². The Balaban J connectivity index is 1.58. The quantitative estimate of drug-likeness (QED) is 0.848. The van der Waals surface area contributed by atoms with E-state index in [4.69, 9.17) is 0 Å². The topological polar surface area (TPSA) is 78.1 Å². The summed E-state index contributed by atoms with van der Waals surface area (Å²) >= 11 is 0. The predicted octanol–water partition coefficient (Wildman–Crippen LogP) is 1.68. The van der Waals surface area contributed by atoms with Crippen LogP contribution in [0.4, 0.5) is 5.69 Å². The smallest absolute Gasteiger partial charge is 0.227 e. The van der Waals surface area contributed by atoms with E-state index in [0.29, 0.717) is 13.1 Å². The Morgan fingerprint density at radius 3 is 3.00 bits per heavy atom. The molecular formula is C18H22N4O2. The highest BCUT2D eigenvalue weighted by Gasteiger charge is 2.35. The van der Waals surface area contributed by atoms with Crippen LogP contribution in [0.15, 0.2) is 36.7 Å². The zero-order chi connectivity index (χ0) is 16.9. The van der Waals surface area contributed by atoms with Crippen LogP contribution in [0.3, 0.4) is 0 Å². The van der Waals surface area contributed by atoms with Gasteiger partial charge in [-0.3, -0.25) is 14.7 Å². The lowest BCUT2D eigenvalue weighted by Gasteiger charge is -2.19. The van der Waals surface area contributed by atoms with Crippen molar-refractivity contribution in [3.05, 3.63) is 47.8 Å². The predicted molar refractivity (Wildman–Crippen MR) is 91.6 cm³/mol. The van der Waals surface area contributed by atoms with Crippen molar-refractivity contribution in [2.45, 2.75) is 26.2 Å². The number of amides is 2. The molecule has 126 valence electrons. The molecule has 1 aromatic heterocycles. The highest BCUT2D eigenvalue weighted by Crippen LogP contribution is 2.28. The average Bonchev–Trinajstić information content (AvgIpc) is 3.24. The van der Waals surface area contributed by atoms with Gasteiger partial charge in [-0.2, -0.15) is 5.10 Å². The van der Waals surface area contributed by atoms with E-state index in [1.807, 2.05) is 30.5 Å². The van der Waals surface area contributed by atoms with Crippen molar-refractivity contribution in [2.24, 2.45) is 5.92 Å². The van der Waals surface area contributed by atoms with Crippen molar-refractivity contribution in [1.82, 2.24) is 15.5 Å². The minimum absolute atomic E-state index is 0.0193. The Morgan fingerprint density at radius 1 is 1.42 bits per heavy atom. The van der Waals surface area contributed by atoms with Crippen molar-refractivity contribution >= 4 is 17.5 Å². The van der Waals surface area contributed by atoms with Crippen molar-refractivity contribution in [2.75, 3.05) is 18.0 Å². The summed E-state index contributed by atoms with van der Waals surface area (Å²) in [6.07, 6.45) is 5.42. The molecule has 1 saturated heterocycles.